The predicted molar refractivity (Wildman–Crippen MR) is 82.2 cm³/mol. The van der Waals surface area contributed by atoms with Crippen molar-refractivity contribution in [2.24, 2.45) is 0 Å². The van der Waals surface area contributed by atoms with Crippen LogP contribution in [0.3, 0.4) is 0 Å². The maximum absolute atomic E-state index is 9.41. The van der Waals surface area contributed by atoms with Crippen molar-refractivity contribution in [3.8, 4) is 6.07 Å². The molecular weight excluding hydrogens is 268 g/mol. The number of nitrogens with one attached hydrogen (secondary N) is 1. The standard InChI is InChI=1S/C16H30N2O3/c1-3-16(14-17,18-15-6-7-15)8-4-10-20-12-13-21-11-5-9-19-2/h15,18H,3-13H2,1-2H3. The summed E-state index contributed by atoms with van der Waals surface area (Å²) in [6.07, 6.45) is 5.95. The van der Waals surface area contributed by atoms with E-state index in [1.54, 1.807) is 7.11 Å². The maximum Gasteiger partial charge on any atom is 0.106 e. The number of hydrogen-bond donors (Lipinski definition) is 1. The van der Waals surface area contributed by atoms with Gasteiger partial charge in [-0.2, -0.15) is 5.26 Å². The highest BCUT2D eigenvalue weighted by atomic mass is 16.5. The first-order valence-corrected chi connectivity index (χ1v) is 8.09. The van der Waals surface area contributed by atoms with Gasteiger partial charge in [0.15, 0.2) is 0 Å². The molecule has 1 aliphatic carbocycles. The molecular formula is C16H30N2O3. The second kappa shape index (κ2) is 11.0. The van der Waals surface area contributed by atoms with E-state index in [0.29, 0.717) is 25.9 Å². The summed E-state index contributed by atoms with van der Waals surface area (Å²) in [4.78, 5) is 0. The molecule has 1 fully saturated rings. The van der Waals surface area contributed by atoms with Gasteiger partial charge >= 0.3 is 0 Å². The van der Waals surface area contributed by atoms with Crippen LogP contribution in [0.4, 0.5) is 0 Å². The Morgan fingerprint density at radius 1 is 1.10 bits per heavy atom. The van der Waals surface area contributed by atoms with E-state index < -0.39 is 0 Å². The Kier molecular flexibility index (Phi) is 9.60. The van der Waals surface area contributed by atoms with Crippen LogP contribution in [0.1, 0.15) is 45.4 Å². The van der Waals surface area contributed by atoms with Crippen molar-refractivity contribution in [1.29, 1.82) is 5.26 Å². The fraction of sp³-hybridized carbons (Fsp3) is 0.938. The average molecular weight is 298 g/mol. The first kappa shape index (κ1) is 18.4. The molecule has 122 valence electrons. The first-order valence-electron chi connectivity index (χ1n) is 8.09. The van der Waals surface area contributed by atoms with Gasteiger partial charge in [0.1, 0.15) is 5.54 Å². The highest BCUT2D eigenvalue weighted by Crippen LogP contribution is 2.26. The van der Waals surface area contributed by atoms with Crippen molar-refractivity contribution < 1.29 is 14.2 Å². The fourth-order valence-corrected chi connectivity index (χ4v) is 2.24. The molecule has 1 atom stereocenters. The second-order valence-electron chi connectivity index (χ2n) is 5.64. The fourth-order valence-electron chi connectivity index (χ4n) is 2.24. The van der Waals surface area contributed by atoms with Crippen LogP contribution >= 0.6 is 0 Å². The number of hydrogen-bond acceptors (Lipinski definition) is 5. The molecule has 1 N–H and O–H groups in total. The van der Waals surface area contributed by atoms with Crippen LogP contribution in [-0.2, 0) is 14.2 Å². The highest BCUT2D eigenvalue weighted by molar-refractivity contribution is 5.09. The summed E-state index contributed by atoms with van der Waals surface area (Å²) in [5.74, 6) is 0. The Labute approximate surface area is 128 Å². The Morgan fingerprint density at radius 2 is 1.76 bits per heavy atom. The Hall–Kier alpha value is -0.670. The minimum absolute atomic E-state index is 0.360. The molecule has 0 saturated heterocycles. The highest BCUT2D eigenvalue weighted by Gasteiger charge is 2.34. The number of ether oxygens (including phenoxy) is 3. The van der Waals surface area contributed by atoms with Crippen LogP contribution in [0.15, 0.2) is 0 Å². The molecule has 0 aromatic carbocycles. The summed E-state index contributed by atoms with van der Waals surface area (Å²) in [7, 11) is 1.69. The van der Waals surface area contributed by atoms with Crippen LogP contribution in [0.5, 0.6) is 0 Å². The summed E-state index contributed by atoms with van der Waals surface area (Å²) in [6.45, 7) is 5.47. The molecule has 0 spiro atoms. The summed E-state index contributed by atoms with van der Waals surface area (Å²) < 4.78 is 15.9. The van der Waals surface area contributed by atoms with Gasteiger partial charge < -0.3 is 14.2 Å². The molecule has 0 radical (unpaired) electrons. The summed E-state index contributed by atoms with van der Waals surface area (Å²) >= 11 is 0. The zero-order valence-corrected chi connectivity index (χ0v) is 13.5. The van der Waals surface area contributed by atoms with Gasteiger partial charge in [0.2, 0.25) is 0 Å². The van der Waals surface area contributed by atoms with E-state index in [1.165, 1.54) is 12.8 Å². The summed E-state index contributed by atoms with van der Waals surface area (Å²) in [6, 6.07) is 3.03. The van der Waals surface area contributed by atoms with Crippen molar-refractivity contribution in [2.45, 2.75) is 57.0 Å². The van der Waals surface area contributed by atoms with Gasteiger partial charge in [-0.25, -0.2) is 0 Å². The summed E-state index contributed by atoms with van der Waals surface area (Å²) in [5.41, 5.74) is -0.360. The molecule has 5 heteroatoms. The molecule has 0 aromatic rings. The van der Waals surface area contributed by atoms with E-state index in [0.717, 1.165) is 38.9 Å². The van der Waals surface area contributed by atoms with E-state index in [1.807, 2.05) is 0 Å². The van der Waals surface area contributed by atoms with Gasteiger partial charge in [-0.3, -0.25) is 5.32 Å². The third-order valence-corrected chi connectivity index (χ3v) is 3.78. The molecule has 0 amide bonds. The van der Waals surface area contributed by atoms with Crippen LogP contribution < -0.4 is 5.32 Å². The van der Waals surface area contributed by atoms with E-state index in [4.69, 9.17) is 14.2 Å². The third kappa shape index (κ3) is 8.37. The third-order valence-electron chi connectivity index (χ3n) is 3.78. The first-order chi connectivity index (χ1) is 10.3. The Balaban J connectivity index is 1.97. The average Bonchev–Trinajstić information content (AvgIpc) is 3.32. The smallest absolute Gasteiger partial charge is 0.106 e. The molecule has 0 heterocycles. The second-order valence-corrected chi connectivity index (χ2v) is 5.64. The zero-order valence-electron chi connectivity index (χ0n) is 13.5. The van der Waals surface area contributed by atoms with Gasteiger partial charge in [-0.15, -0.1) is 0 Å². The zero-order chi connectivity index (χ0) is 15.4. The molecule has 21 heavy (non-hydrogen) atoms. The van der Waals surface area contributed by atoms with E-state index in [2.05, 4.69) is 18.3 Å². The topological polar surface area (TPSA) is 63.5 Å². The van der Waals surface area contributed by atoms with Crippen molar-refractivity contribution in [3.05, 3.63) is 0 Å². The molecule has 0 bridgehead atoms. The lowest BCUT2D eigenvalue weighted by Gasteiger charge is -2.26. The van der Waals surface area contributed by atoms with Gasteiger partial charge in [-0.05, 0) is 38.5 Å². The number of rotatable bonds is 14. The molecule has 0 aliphatic heterocycles. The van der Waals surface area contributed by atoms with Crippen LogP contribution in [-0.4, -0.2) is 51.7 Å². The van der Waals surface area contributed by atoms with Crippen LogP contribution in [0.25, 0.3) is 0 Å². The molecule has 1 rings (SSSR count). The molecule has 0 aromatic heterocycles. The lowest BCUT2D eigenvalue weighted by molar-refractivity contribution is 0.0376. The molecule has 1 unspecified atom stereocenters. The predicted octanol–water partition coefficient (Wildman–Crippen LogP) is 2.26. The van der Waals surface area contributed by atoms with Gasteiger partial charge in [0.25, 0.3) is 0 Å². The molecule has 5 nitrogen and oxygen atoms in total. The van der Waals surface area contributed by atoms with Gasteiger partial charge in [0.05, 0.1) is 19.3 Å². The lowest BCUT2D eigenvalue weighted by atomic mass is 9.92. The number of methoxy groups -OCH3 is 1. The minimum atomic E-state index is -0.360. The van der Waals surface area contributed by atoms with Crippen molar-refractivity contribution in [2.75, 3.05) is 40.1 Å². The largest absolute Gasteiger partial charge is 0.385 e. The Morgan fingerprint density at radius 3 is 2.29 bits per heavy atom. The van der Waals surface area contributed by atoms with Gasteiger partial charge in [-0.1, -0.05) is 6.92 Å². The van der Waals surface area contributed by atoms with Crippen LogP contribution in [0, 0.1) is 11.3 Å². The van der Waals surface area contributed by atoms with Crippen molar-refractivity contribution >= 4 is 0 Å². The number of nitriles is 1. The molecule has 1 aliphatic rings. The SMILES string of the molecule is CCC(C#N)(CCCOCCOCCCOC)NC1CC1. The van der Waals surface area contributed by atoms with Crippen molar-refractivity contribution in [3.63, 3.8) is 0 Å². The maximum atomic E-state index is 9.41. The quantitative estimate of drug-likeness (QED) is 0.498. The van der Waals surface area contributed by atoms with E-state index in [-0.39, 0.29) is 5.54 Å². The monoisotopic (exact) mass is 298 g/mol. The van der Waals surface area contributed by atoms with E-state index in [9.17, 15) is 5.26 Å². The normalized spacial score (nSPS) is 17.4. The molecule has 1 saturated carbocycles. The summed E-state index contributed by atoms with van der Waals surface area (Å²) in [5, 5.41) is 12.9. The minimum Gasteiger partial charge on any atom is -0.385 e. The Bertz CT molecular complexity index is 302. The number of nitrogens with zero attached hydrogens (tertiary/aromatic N) is 1. The lowest BCUT2D eigenvalue weighted by Crippen LogP contribution is -2.44. The van der Waals surface area contributed by atoms with Gasteiger partial charge in [0, 0.05) is 33.0 Å². The van der Waals surface area contributed by atoms with E-state index >= 15 is 0 Å². The van der Waals surface area contributed by atoms with Crippen molar-refractivity contribution in [1.82, 2.24) is 5.32 Å². The van der Waals surface area contributed by atoms with Crippen LogP contribution in [0.2, 0.25) is 0 Å².